The Labute approximate surface area is 189 Å². The molecule has 0 aliphatic heterocycles. The third kappa shape index (κ3) is 12.1. The topological polar surface area (TPSA) is 72.8 Å². The average Bonchev–Trinajstić information content (AvgIpc) is 2.68. The standard InChI is InChI=1S/C26H44O5/c1-4-5-6-7-8-12-19-26(30-22(2)28,31-23(3)29)20-13-11-16-25-18-17-24(25)15-10-9-14-21-27/h11,13,16,20,24-25,27H,4-10,12,14-15,17-19,21H2,1-3H3/b16-11+,20-13+/t24-,25-/m1/s1. The predicted molar refractivity (Wildman–Crippen MR) is 124 cm³/mol. The number of ether oxygens (including phenoxy) is 2. The molecule has 0 spiro atoms. The first-order valence-corrected chi connectivity index (χ1v) is 12.3. The average molecular weight is 437 g/mol. The van der Waals surface area contributed by atoms with Gasteiger partial charge in [0.05, 0.1) is 0 Å². The van der Waals surface area contributed by atoms with Crippen molar-refractivity contribution in [3.05, 3.63) is 24.3 Å². The zero-order valence-electron chi connectivity index (χ0n) is 19.9. The highest BCUT2D eigenvalue weighted by Gasteiger charge is 2.34. The fourth-order valence-electron chi connectivity index (χ4n) is 4.22. The maximum atomic E-state index is 11.7. The van der Waals surface area contributed by atoms with E-state index in [9.17, 15) is 9.59 Å². The van der Waals surface area contributed by atoms with Crippen molar-refractivity contribution in [2.75, 3.05) is 6.61 Å². The molecular formula is C26H44O5. The van der Waals surface area contributed by atoms with Gasteiger partial charge in [0, 0.05) is 26.9 Å². The molecule has 0 heterocycles. The second kappa shape index (κ2) is 16.1. The molecule has 1 rings (SSSR count). The first-order valence-electron chi connectivity index (χ1n) is 12.3. The van der Waals surface area contributed by atoms with E-state index in [1.165, 1.54) is 58.8 Å². The van der Waals surface area contributed by atoms with Crippen LogP contribution in [0.2, 0.25) is 0 Å². The van der Waals surface area contributed by atoms with Crippen LogP contribution in [-0.2, 0) is 19.1 Å². The smallest absolute Gasteiger partial charge is 0.306 e. The Kier molecular flexibility index (Phi) is 14.2. The van der Waals surface area contributed by atoms with Gasteiger partial charge in [-0.15, -0.1) is 0 Å². The van der Waals surface area contributed by atoms with Crippen LogP contribution < -0.4 is 0 Å². The number of esters is 2. The van der Waals surface area contributed by atoms with Crippen molar-refractivity contribution in [3.8, 4) is 0 Å². The van der Waals surface area contributed by atoms with E-state index >= 15 is 0 Å². The molecule has 1 fully saturated rings. The minimum atomic E-state index is -1.32. The maximum Gasteiger partial charge on any atom is 0.306 e. The van der Waals surface area contributed by atoms with Gasteiger partial charge in [-0.1, -0.05) is 70.1 Å². The lowest BCUT2D eigenvalue weighted by atomic mass is 9.71. The molecule has 0 saturated heterocycles. The van der Waals surface area contributed by atoms with Crippen molar-refractivity contribution >= 4 is 11.9 Å². The molecule has 5 heteroatoms. The van der Waals surface area contributed by atoms with E-state index in [0.29, 0.717) is 12.3 Å². The van der Waals surface area contributed by atoms with Crippen molar-refractivity contribution in [3.63, 3.8) is 0 Å². The van der Waals surface area contributed by atoms with E-state index in [2.05, 4.69) is 13.0 Å². The summed E-state index contributed by atoms with van der Waals surface area (Å²) in [4.78, 5) is 23.4. The minimum absolute atomic E-state index is 0.282. The van der Waals surface area contributed by atoms with Crippen LogP contribution in [0.5, 0.6) is 0 Å². The Morgan fingerprint density at radius 2 is 1.55 bits per heavy atom. The van der Waals surface area contributed by atoms with Crippen LogP contribution in [0, 0.1) is 11.8 Å². The molecular weight excluding hydrogens is 392 g/mol. The molecule has 31 heavy (non-hydrogen) atoms. The van der Waals surface area contributed by atoms with Crippen LogP contribution in [0.1, 0.15) is 104 Å². The lowest BCUT2D eigenvalue weighted by molar-refractivity contribution is -0.211. The number of unbranched alkanes of at least 4 members (excludes halogenated alkanes) is 7. The van der Waals surface area contributed by atoms with E-state index in [0.717, 1.165) is 38.0 Å². The summed E-state index contributed by atoms with van der Waals surface area (Å²) in [5.41, 5.74) is 0. The SMILES string of the molecule is CCCCCCCCC(/C=C/C=C/[C@@H]1CC[C@H]1CCCCCO)(OC(C)=O)OC(C)=O. The first-order chi connectivity index (χ1) is 14.9. The summed E-state index contributed by atoms with van der Waals surface area (Å²) in [6.07, 6.45) is 21.7. The molecule has 0 radical (unpaired) electrons. The van der Waals surface area contributed by atoms with Gasteiger partial charge in [-0.25, -0.2) is 0 Å². The van der Waals surface area contributed by atoms with Crippen molar-refractivity contribution < 1.29 is 24.2 Å². The van der Waals surface area contributed by atoms with Gasteiger partial charge < -0.3 is 14.6 Å². The molecule has 0 aromatic heterocycles. The summed E-state index contributed by atoms with van der Waals surface area (Å²) in [6.45, 7) is 5.16. The van der Waals surface area contributed by atoms with Gasteiger partial charge in [-0.3, -0.25) is 9.59 Å². The van der Waals surface area contributed by atoms with Crippen molar-refractivity contribution in [2.45, 2.75) is 110 Å². The summed E-state index contributed by atoms with van der Waals surface area (Å²) in [5.74, 6) is -0.936. The highest BCUT2D eigenvalue weighted by atomic mass is 16.7. The summed E-state index contributed by atoms with van der Waals surface area (Å²) >= 11 is 0. The molecule has 0 amide bonds. The van der Waals surface area contributed by atoms with Gasteiger partial charge in [-0.2, -0.15) is 0 Å². The zero-order chi connectivity index (χ0) is 23.0. The summed E-state index contributed by atoms with van der Waals surface area (Å²) in [6, 6.07) is 0. The van der Waals surface area contributed by atoms with Crippen LogP contribution in [0.3, 0.4) is 0 Å². The van der Waals surface area contributed by atoms with Gasteiger partial charge in [0.15, 0.2) is 0 Å². The lowest BCUT2D eigenvalue weighted by Crippen LogP contribution is -2.37. The Morgan fingerprint density at radius 1 is 0.903 bits per heavy atom. The monoisotopic (exact) mass is 436 g/mol. The quantitative estimate of drug-likeness (QED) is 0.126. The Hall–Kier alpha value is -1.62. The number of allylic oxidation sites excluding steroid dienone is 3. The third-order valence-electron chi connectivity index (χ3n) is 6.04. The molecule has 1 N–H and O–H groups in total. The van der Waals surface area contributed by atoms with E-state index < -0.39 is 17.7 Å². The molecule has 1 aliphatic carbocycles. The van der Waals surface area contributed by atoms with E-state index in [1.54, 1.807) is 6.08 Å². The van der Waals surface area contributed by atoms with Crippen molar-refractivity contribution in [1.29, 1.82) is 0 Å². The van der Waals surface area contributed by atoms with Crippen LogP contribution in [0.15, 0.2) is 24.3 Å². The summed E-state index contributed by atoms with van der Waals surface area (Å²) in [5, 5.41) is 8.89. The molecule has 178 valence electrons. The van der Waals surface area contributed by atoms with Gasteiger partial charge >= 0.3 is 11.9 Å². The fourth-order valence-corrected chi connectivity index (χ4v) is 4.22. The maximum absolute atomic E-state index is 11.7. The minimum Gasteiger partial charge on any atom is -0.419 e. The van der Waals surface area contributed by atoms with Crippen LogP contribution >= 0.6 is 0 Å². The highest BCUT2D eigenvalue weighted by molar-refractivity contribution is 5.69. The fraction of sp³-hybridized carbons (Fsp3) is 0.769. The number of carbonyl (C=O) groups is 2. The van der Waals surface area contributed by atoms with Gasteiger partial charge in [0.2, 0.25) is 0 Å². The molecule has 2 atom stereocenters. The van der Waals surface area contributed by atoms with Crippen LogP contribution in [0.4, 0.5) is 0 Å². The Bertz CT molecular complexity index is 550. The second-order valence-corrected chi connectivity index (χ2v) is 8.84. The van der Waals surface area contributed by atoms with E-state index in [-0.39, 0.29) is 6.61 Å². The van der Waals surface area contributed by atoms with Crippen LogP contribution in [0.25, 0.3) is 0 Å². The van der Waals surface area contributed by atoms with Gasteiger partial charge in [-0.05, 0) is 50.0 Å². The van der Waals surface area contributed by atoms with Gasteiger partial charge in [0.25, 0.3) is 5.79 Å². The lowest BCUT2D eigenvalue weighted by Gasteiger charge is -2.34. The first kappa shape index (κ1) is 27.4. The molecule has 0 unspecified atom stereocenters. The molecule has 1 saturated carbocycles. The normalized spacial score (nSPS) is 19.0. The highest BCUT2D eigenvalue weighted by Crippen LogP contribution is 2.39. The predicted octanol–water partition coefficient (Wildman–Crippen LogP) is 6.25. The Balaban J connectivity index is 2.64. The summed E-state index contributed by atoms with van der Waals surface area (Å²) < 4.78 is 11.0. The van der Waals surface area contributed by atoms with Crippen molar-refractivity contribution in [1.82, 2.24) is 0 Å². The Morgan fingerprint density at radius 3 is 2.13 bits per heavy atom. The largest absolute Gasteiger partial charge is 0.419 e. The molecule has 0 bridgehead atoms. The molecule has 0 aromatic rings. The van der Waals surface area contributed by atoms with Crippen molar-refractivity contribution in [2.24, 2.45) is 11.8 Å². The number of aliphatic hydroxyl groups is 1. The van der Waals surface area contributed by atoms with Crippen LogP contribution in [-0.4, -0.2) is 29.4 Å². The molecule has 0 aromatic carbocycles. The van der Waals surface area contributed by atoms with E-state index in [4.69, 9.17) is 14.6 Å². The summed E-state index contributed by atoms with van der Waals surface area (Å²) in [7, 11) is 0. The number of hydrogen-bond acceptors (Lipinski definition) is 5. The number of hydrogen-bond donors (Lipinski definition) is 1. The van der Waals surface area contributed by atoms with E-state index in [1.807, 2.05) is 12.2 Å². The molecule has 5 nitrogen and oxygen atoms in total. The second-order valence-electron chi connectivity index (χ2n) is 8.84. The zero-order valence-corrected chi connectivity index (χ0v) is 19.9. The third-order valence-corrected chi connectivity index (χ3v) is 6.04. The number of rotatable bonds is 17. The number of aliphatic hydroxyl groups excluding tert-OH is 1. The van der Waals surface area contributed by atoms with Gasteiger partial charge in [0.1, 0.15) is 0 Å². The molecule has 1 aliphatic rings. The number of carbonyl (C=O) groups excluding carboxylic acids is 2.